The van der Waals surface area contributed by atoms with Crippen LogP contribution in [0.15, 0.2) is 103 Å². The maximum atomic E-state index is 6.38. The quantitative estimate of drug-likeness (QED) is 0.695. The number of fused-ring (bicyclic) bond motifs is 2. The third kappa shape index (κ3) is 2.01. The number of benzene rings is 3. The summed E-state index contributed by atoms with van der Waals surface area (Å²) >= 11 is 0. The first-order valence-electron chi connectivity index (χ1n) is 9.20. The van der Waals surface area contributed by atoms with Gasteiger partial charge in [-0.2, -0.15) is 0 Å². The minimum atomic E-state index is -0.267. The molecular weight excluding hydrogens is 314 g/mol. The summed E-state index contributed by atoms with van der Waals surface area (Å²) in [6, 6.07) is 30.6. The van der Waals surface area contributed by atoms with Gasteiger partial charge in [0.25, 0.3) is 0 Å². The van der Waals surface area contributed by atoms with Crippen molar-refractivity contribution < 1.29 is 0 Å². The summed E-state index contributed by atoms with van der Waals surface area (Å²) in [5.41, 5.74) is 14.2. The lowest BCUT2D eigenvalue weighted by molar-refractivity contribution is 0.661. The van der Waals surface area contributed by atoms with Gasteiger partial charge < -0.3 is 5.73 Å². The highest BCUT2D eigenvalue weighted by Gasteiger charge is 2.47. The van der Waals surface area contributed by atoms with Crippen LogP contribution in [0.4, 0.5) is 0 Å². The standard InChI is InChI=1S/C25H21N/c26-20-15-16-22-21-13-7-8-14-23(21)25(24(22)17-20,18-9-3-1-4-10-18)19-11-5-2-6-12-19/h1-16,20H,17,26H2. The van der Waals surface area contributed by atoms with E-state index < -0.39 is 0 Å². The van der Waals surface area contributed by atoms with Crippen LogP contribution < -0.4 is 5.73 Å². The van der Waals surface area contributed by atoms with E-state index in [1.165, 1.54) is 33.4 Å². The Morgan fingerprint density at radius 3 is 1.96 bits per heavy atom. The lowest BCUT2D eigenvalue weighted by Crippen LogP contribution is -2.33. The van der Waals surface area contributed by atoms with Crippen LogP contribution in [0.1, 0.15) is 28.7 Å². The zero-order valence-corrected chi connectivity index (χ0v) is 14.6. The Kier molecular flexibility index (Phi) is 3.44. The maximum absolute atomic E-state index is 6.38. The Labute approximate surface area is 154 Å². The second-order valence-electron chi connectivity index (χ2n) is 7.15. The highest BCUT2D eigenvalue weighted by Crippen LogP contribution is 2.56. The van der Waals surface area contributed by atoms with Gasteiger partial charge >= 0.3 is 0 Å². The summed E-state index contributed by atoms with van der Waals surface area (Å²) in [6.07, 6.45) is 5.25. The van der Waals surface area contributed by atoms with Crippen LogP contribution in [0.25, 0.3) is 5.57 Å². The van der Waals surface area contributed by atoms with Gasteiger partial charge in [-0.15, -0.1) is 0 Å². The van der Waals surface area contributed by atoms with Gasteiger partial charge in [0.15, 0.2) is 0 Å². The molecular formula is C25H21N. The maximum Gasteiger partial charge on any atom is 0.0677 e. The van der Waals surface area contributed by atoms with Crippen LogP contribution in [-0.4, -0.2) is 6.04 Å². The van der Waals surface area contributed by atoms with Gasteiger partial charge in [0, 0.05) is 6.04 Å². The molecule has 0 aliphatic heterocycles. The van der Waals surface area contributed by atoms with Gasteiger partial charge in [-0.25, -0.2) is 0 Å². The zero-order valence-electron chi connectivity index (χ0n) is 14.6. The molecule has 3 aromatic rings. The molecule has 126 valence electrons. The molecule has 26 heavy (non-hydrogen) atoms. The number of allylic oxidation sites excluding steroid dienone is 2. The van der Waals surface area contributed by atoms with Crippen molar-refractivity contribution in [2.24, 2.45) is 5.73 Å². The molecule has 0 radical (unpaired) electrons. The van der Waals surface area contributed by atoms with Crippen LogP contribution in [0.2, 0.25) is 0 Å². The highest BCUT2D eigenvalue weighted by atomic mass is 14.6. The molecule has 1 heteroatoms. The SMILES string of the molecule is NC1C=CC2=C(C1)C(c1ccccc1)(c1ccccc1)c1ccccc12. The lowest BCUT2D eigenvalue weighted by Gasteiger charge is -2.37. The van der Waals surface area contributed by atoms with Gasteiger partial charge in [-0.05, 0) is 39.8 Å². The van der Waals surface area contributed by atoms with E-state index in [1.807, 2.05) is 0 Å². The average molecular weight is 335 g/mol. The van der Waals surface area contributed by atoms with E-state index in [4.69, 9.17) is 5.73 Å². The molecule has 2 aliphatic carbocycles. The third-order valence-electron chi connectivity index (χ3n) is 5.76. The zero-order chi connectivity index (χ0) is 17.6. The molecule has 0 saturated carbocycles. The Bertz CT molecular complexity index is 973. The Hall–Kier alpha value is -2.90. The summed E-state index contributed by atoms with van der Waals surface area (Å²) in [4.78, 5) is 0. The van der Waals surface area contributed by atoms with Crippen LogP contribution in [0, 0.1) is 0 Å². The summed E-state index contributed by atoms with van der Waals surface area (Å²) in [5.74, 6) is 0. The van der Waals surface area contributed by atoms with Crippen LogP contribution in [-0.2, 0) is 5.41 Å². The predicted molar refractivity (Wildman–Crippen MR) is 108 cm³/mol. The smallest absolute Gasteiger partial charge is 0.0677 e. The molecule has 0 fully saturated rings. The van der Waals surface area contributed by atoms with E-state index in [0.717, 1.165) is 6.42 Å². The normalized spacial score (nSPS) is 20.0. The first kappa shape index (κ1) is 15.4. The largest absolute Gasteiger partial charge is 0.324 e. The van der Waals surface area contributed by atoms with Crippen molar-refractivity contribution in [1.82, 2.24) is 0 Å². The second-order valence-corrected chi connectivity index (χ2v) is 7.15. The minimum absolute atomic E-state index is 0.0647. The lowest BCUT2D eigenvalue weighted by atomic mass is 9.65. The first-order chi connectivity index (χ1) is 12.8. The van der Waals surface area contributed by atoms with Crippen LogP contribution in [0.5, 0.6) is 0 Å². The highest BCUT2D eigenvalue weighted by molar-refractivity contribution is 5.90. The molecule has 3 aromatic carbocycles. The van der Waals surface area contributed by atoms with E-state index >= 15 is 0 Å². The van der Waals surface area contributed by atoms with Gasteiger partial charge in [0.1, 0.15) is 0 Å². The van der Waals surface area contributed by atoms with E-state index in [9.17, 15) is 0 Å². The topological polar surface area (TPSA) is 26.0 Å². The predicted octanol–water partition coefficient (Wildman–Crippen LogP) is 5.08. The van der Waals surface area contributed by atoms with Gasteiger partial charge in [-0.3, -0.25) is 0 Å². The van der Waals surface area contributed by atoms with Crippen LogP contribution in [0.3, 0.4) is 0 Å². The molecule has 1 atom stereocenters. The van der Waals surface area contributed by atoms with Crippen molar-refractivity contribution in [2.45, 2.75) is 17.9 Å². The molecule has 2 aliphatic rings. The molecule has 1 unspecified atom stereocenters. The summed E-state index contributed by atoms with van der Waals surface area (Å²) in [5, 5.41) is 0. The summed E-state index contributed by atoms with van der Waals surface area (Å²) < 4.78 is 0. The van der Waals surface area contributed by atoms with Gasteiger partial charge in [-0.1, -0.05) is 97.1 Å². The van der Waals surface area contributed by atoms with Crippen molar-refractivity contribution in [2.75, 3.05) is 0 Å². The summed E-state index contributed by atoms with van der Waals surface area (Å²) in [7, 11) is 0. The summed E-state index contributed by atoms with van der Waals surface area (Å²) in [6.45, 7) is 0. The fourth-order valence-electron chi connectivity index (χ4n) is 4.75. The number of nitrogens with two attached hydrogens (primary N) is 1. The van der Waals surface area contributed by atoms with Crippen molar-refractivity contribution in [1.29, 1.82) is 0 Å². The molecule has 0 aromatic heterocycles. The number of hydrogen-bond acceptors (Lipinski definition) is 1. The molecule has 1 nitrogen and oxygen atoms in total. The van der Waals surface area contributed by atoms with Crippen molar-refractivity contribution in [3.8, 4) is 0 Å². The van der Waals surface area contributed by atoms with E-state index in [0.29, 0.717) is 0 Å². The Balaban J connectivity index is 1.93. The van der Waals surface area contributed by atoms with E-state index in [1.54, 1.807) is 0 Å². The third-order valence-corrected chi connectivity index (χ3v) is 5.76. The van der Waals surface area contributed by atoms with Crippen molar-refractivity contribution in [3.63, 3.8) is 0 Å². The van der Waals surface area contributed by atoms with Gasteiger partial charge in [0.05, 0.1) is 5.41 Å². The minimum Gasteiger partial charge on any atom is -0.324 e. The monoisotopic (exact) mass is 335 g/mol. The van der Waals surface area contributed by atoms with Crippen LogP contribution >= 0.6 is 0 Å². The molecule has 0 heterocycles. The molecule has 5 rings (SSSR count). The fraction of sp³-hybridized carbons (Fsp3) is 0.120. The fourth-order valence-corrected chi connectivity index (χ4v) is 4.75. The Morgan fingerprint density at radius 1 is 0.731 bits per heavy atom. The molecule has 0 saturated heterocycles. The molecule has 2 N–H and O–H groups in total. The van der Waals surface area contributed by atoms with E-state index in [2.05, 4.69) is 97.1 Å². The molecule has 0 amide bonds. The van der Waals surface area contributed by atoms with E-state index in [-0.39, 0.29) is 11.5 Å². The second kappa shape index (κ2) is 5.82. The molecule has 0 bridgehead atoms. The van der Waals surface area contributed by atoms with Gasteiger partial charge in [0.2, 0.25) is 0 Å². The number of hydrogen-bond donors (Lipinski definition) is 1. The van der Waals surface area contributed by atoms with Crippen molar-refractivity contribution in [3.05, 3.63) is 125 Å². The van der Waals surface area contributed by atoms with Crippen molar-refractivity contribution >= 4 is 5.57 Å². The average Bonchev–Trinajstić information content (AvgIpc) is 3.00. The first-order valence-corrected chi connectivity index (χ1v) is 9.20. The number of rotatable bonds is 2. The molecule has 0 spiro atoms. The Morgan fingerprint density at radius 2 is 1.31 bits per heavy atom.